The average molecular weight is 411 g/mol. The number of likely N-dealkylation sites (N-methyl/N-ethyl adjacent to an activating group) is 1. The number of fused-ring (bicyclic) bond motifs is 1. The van der Waals surface area contributed by atoms with Gasteiger partial charge in [-0.3, -0.25) is 9.20 Å². The number of carbonyl (C=O) groups is 1. The van der Waals surface area contributed by atoms with Gasteiger partial charge in [0.25, 0.3) is 5.91 Å². The van der Waals surface area contributed by atoms with E-state index in [1.807, 2.05) is 47.0 Å². The Morgan fingerprint density at radius 1 is 1.17 bits per heavy atom. The van der Waals surface area contributed by atoms with Crippen LogP contribution in [0, 0.1) is 0 Å². The quantitative estimate of drug-likeness (QED) is 0.555. The van der Waals surface area contributed by atoms with Gasteiger partial charge in [-0.15, -0.1) is 0 Å². The normalized spacial score (nSPS) is 10.9. The number of methoxy groups -OCH3 is 2. The summed E-state index contributed by atoms with van der Waals surface area (Å²) in [5, 5.41) is 2.99. The molecule has 3 rings (SSSR count). The number of hydrogen-bond donors (Lipinski definition) is 1. The van der Waals surface area contributed by atoms with Crippen molar-refractivity contribution in [1.29, 1.82) is 0 Å². The lowest BCUT2D eigenvalue weighted by Gasteiger charge is -2.23. The molecule has 0 bridgehead atoms. The largest absolute Gasteiger partial charge is 0.496 e. The summed E-state index contributed by atoms with van der Waals surface area (Å²) < 4.78 is 12.6. The van der Waals surface area contributed by atoms with Crippen molar-refractivity contribution in [2.45, 2.75) is 26.8 Å². The third kappa shape index (κ3) is 4.57. The van der Waals surface area contributed by atoms with Gasteiger partial charge in [0, 0.05) is 38.5 Å². The standard InChI is InChI=1S/C23H30N4O3/c1-5-19-23(26(6-2)13-14-29-3)27-16-18(11-12-21(27)25-19)22(28)24-15-17-9-7-8-10-20(17)30-4/h7-12,16H,5-6,13-15H2,1-4H3,(H,24,28). The van der Waals surface area contributed by atoms with E-state index in [9.17, 15) is 4.79 Å². The summed E-state index contributed by atoms with van der Waals surface area (Å²) in [5.41, 5.74) is 3.36. The van der Waals surface area contributed by atoms with Crippen LogP contribution in [0.15, 0.2) is 42.6 Å². The predicted molar refractivity (Wildman–Crippen MR) is 118 cm³/mol. The van der Waals surface area contributed by atoms with E-state index in [2.05, 4.69) is 24.1 Å². The van der Waals surface area contributed by atoms with Crippen molar-refractivity contribution in [3.63, 3.8) is 0 Å². The molecule has 0 saturated heterocycles. The van der Waals surface area contributed by atoms with Gasteiger partial charge >= 0.3 is 0 Å². The van der Waals surface area contributed by atoms with Gasteiger partial charge in [0.05, 0.1) is 25.0 Å². The first kappa shape index (κ1) is 21.6. The third-order valence-corrected chi connectivity index (χ3v) is 5.14. The van der Waals surface area contributed by atoms with Crippen molar-refractivity contribution in [1.82, 2.24) is 14.7 Å². The van der Waals surface area contributed by atoms with Crippen molar-refractivity contribution in [3.05, 3.63) is 59.4 Å². The molecule has 0 fully saturated rings. The minimum absolute atomic E-state index is 0.138. The summed E-state index contributed by atoms with van der Waals surface area (Å²) in [6.07, 6.45) is 2.68. The van der Waals surface area contributed by atoms with E-state index >= 15 is 0 Å². The highest BCUT2D eigenvalue weighted by Gasteiger charge is 2.18. The summed E-state index contributed by atoms with van der Waals surface area (Å²) in [7, 11) is 3.33. The van der Waals surface area contributed by atoms with Crippen LogP contribution in [0.3, 0.4) is 0 Å². The van der Waals surface area contributed by atoms with Crippen molar-refractivity contribution >= 4 is 17.4 Å². The van der Waals surface area contributed by atoms with Crippen molar-refractivity contribution < 1.29 is 14.3 Å². The van der Waals surface area contributed by atoms with Crippen molar-refractivity contribution in [3.8, 4) is 5.75 Å². The second-order valence-corrected chi connectivity index (χ2v) is 6.95. The van der Waals surface area contributed by atoms with Crippen LogP contribution in [0.2, 0.25) is 0 Å². The zero-order valence-corrected chi connectivity index (χ0v) is 18.1. The molecule has 0 aliphatic heterocycles. The number of aryl methyl sites for hydroxylation is 1. The highest BCUT2D eigenvalue weighted by molar-refractivity contribution is 5.94. The molecule has 160 valence electrons. The molecule has 0 aliphatic rings. The fourth-order valence-corrected chi connectivity index (χ4v) is 3.53. The van der Waals surface area contributed by atoms with Crippen LogP contribution in [0.4, 0.5) is 5.82 Å². The van der Waals surface area contributed by atoms with Crippen LogP contribution in [-0.2, 0) is 17.7 Å². The Labute approximate surface area is 177 Å². The topological polar surface area (TPSA) is 68.1 Å². The number of nitrogens with one attached hydrogen (secondary N) is 1. The number of rotatable bonds is 10. The van der Waals surface area contributed by atoms with Gasteiger partial charge in [0.2, 0.25) is 0 Å². The van der Waals surface area contributed by atoms with Crippen molar-refractivity contribution in [2.24, 2.45) is 0 Å². The number of nitrogens with zero attached hydrogens (tertiary/aromatic N) is 3. The zero-order valence-electron chi connectivity index (χ0n) is 18.1. The molecule has 0 unspecified atom stereocenters. The molecular formula is C23H30N4O3. The summed E-state index contributed by atoms with van der Waals surface area (Å²) in [6, 6.07) is 11.4. The molecule has 1 amide bonds. The van der Waals surface area contributed by atoms with Crippen LogP contribution in [0.1, 0.15) is 35.5 Å². The van der Waals surface area contributed by atoms with Gasteiger partial charge in [0.1, 0.15) is 17.2 Å². The lowest BCUT2D eigenvalue weighted by molar-refractivity contribution is 0.0950. The summed E-state index contributed by atoms with van der Waals surface area (Å²) >= 11 is 0. The number of hydrogen-bond acceptors (Lipinski definition) is 5. The maximum atomic E-state index is 12.8. The maximum Gasteiger partial charge on any atom is 0.253 e. The van der Waals surface area contributed by atoms with E-state index in [0.717, 1.165) is 48.0 Å². The highest BCUT2D eigenvalue weighted by Crippen LogP contribution is 2.24. The molecule has 2 aromatic heterocycles. The van der Waals surface area contributed by atoms with Gasteiger partial charge in [-0.25, -0.2) is 4.98 Å². The number of para-hydroxylation sites is 1. The minimum atomic E-state index is -0.138. The highest BCUT2D eigenvalue weighted by atomic mass is 16.5. The molecule has 1 N–H and O–H groups in total. The van der Waals surface area contributed by atoms with E-state index in [1.165, 1.54) is 0 Å². The summed E-state index contributed by atoms with van der Waals surface area (Å²) in [5.74, 6) is 1.64. The summed E-state index contributed by atoms with van der Waals surface area (Å²) in [6.45, 7) is 6.82. The second-order valence-electron chi connectivity index (χ2n) is 6.95. The zero-order chi connectivity index (χ0) is 21.5. The van der Waals surface area contributed by atoms with Crippen molar-refractivity contribution in [2.75, 3.05) is 38.8 Å². The molecule has 0 spiro atoms. The molecule has 30 heavy (non-hydrogen) atoms. The van der Waals surface area contributed by atoms with Crippen LogP contribution in [0.25, 0.3) is 5.65 Å². The Bertz CT molecular complexity index is 999. The molecule has 7 nitrogen and oxygen atoms in total. The first-order chi connectivity index (χ1) is 14.6. The molecule has 2 heterocycles. The van der Waals surface area contributed by atoms with Gasteiger partial charge in [-0.2, -0.15) is 0 Å². The minimum Gasteiger partial charge on any atom is -0.496 e. The Kier molecular flexibility index (Phi) is 7.30. The Morgan fingerprint density at radius 3 is 2.67 bits per heavy atom. The van der Waals surface area contributed by atoms with Crippen LogP contribution >= 0.6 is 0 Å². The molecule has 0 saturated carbocycles. The maximum absolute atomic E-state index is 12.8. The number of carbonyl (C=O) groups excluding carboxylic acids is 1. The Hall–Kier alpha value is -3.06. The molecular weight excluding hydrogens is 380 g/mol. The molecule has 0 aliphatic carbocycles. The number of aromatic nitrogens is 2. The van der Waals surface area contributed by atoms with Crippen LogP contribution < -0.4 is 15.0 Å². The Morgan fingerprint density at radius 2 is 1.97 bits per heavy atom. The van der Waals surface area contributed by atoms with Crippen LogP contribution in [-0.4, -0.2) is 49.2 Å². The van der Waals surface area contributed by atoms with E-state index < -0.39 is 0 Å². The fraction of sp³-hybridized carbons (Fsp3) is 0.391. The predicted octanol–water partition coefficient (Wildman–Crippen LogP) is 3.31. The SMILES string of the molecule is CCc1nc2ccc(C(=O)NCc3ccccc3OC)cn2c1N(CC)CCOC. The molecule has 0 radical (unpaired) electrons. The van der Waals surface area contributed by atoms with E-state index in [1.54, 1.807) is 14.2 Å². The molecule has 3 aromatic rings. The number of benzene rings is 1. The van der Waals surface area contributed by atoms with Gasteiger partial charge < -0.3 is 19.7 Å². The number of imidazole rings is 1. The number of amides is 1. The third-order valence-electron chi connectivity index (χ3n) is 5.14. The first-order valence-corrected chi connectivity index (χ1v) is 10.3. The molecule has 0 atom stereocenters. The van der Waals surface area contributed by atoms with Gasteiger partial charge in [-0.1, -0.05) is 25.1 Å². The Balaban J connectivity index is 1.87. The number of anilines is 1. The lowest BCUT2D eigenvalue weighted by Crippen LogP contribution is -2.29. The van der Waals surface area contributed by atoms with E-state index in [4.69, 9.17) is 14.5 Å². The van der Waals surface area contributed by atoms with Gasteiger partial charge in [0.15, 0.2) is 0 Å². The second kappa shape index (κ2) is 10.1. The fourth-order valence-electron chi connectivity index (χ4n) is 3.53. The van der Waals surface area contributed by atoms with E-state index in [-0.39, 0.29) is 5.91 Å². The smallest absolute Gasteiger partial charge is 0.253 e. The first-order valence-electron chi connectivity index (χ1n) is 10.3. The number of pyridine rings is 1. The molecule has 1 aromatic carbocycles. The van der Waals surface area contributed by atoms with Gasteiger partial charge in [-0.05, 0) is 31.5 Å². The number of ether oxygens (including phenoxy) is 2. The molecule has 7 heteroatoms. The lowest BCUT2D eigenvalue weighted by atomic mass is 10.2. The monoisotopic (exact) mass is 410 g/mol. The summed E-state index contributed by atoms with van der Waals surface area (Å²) in [4.78, 5) is 19.8. The van der Waals surface area contributed by atoms with E-state index in [0.29, 0.717) is 18.7 Å². The average Bonchev–Trinajstić information content (AvgIpc) is 3.16. The van der Waals surface area contributed by atoms with Crippen LogP contribution in [0.5, 0.6) is 5.75 Å².